The topological polar surface area (TPSA) is 66.3 Å². The zero-order valence-electron chi connectivity index (χ0n) is 8.67. The van der Waals surface area contributed by atoms with E-state index in [0.29, 0.717) is 18.0 Å². The Morgan fingerprint density at radius 2 is 2.33 bits per heavy atom. The Hall–Kier alpha value is -1.01. The molecule has 0 spiro atoms. The van der Waals surface area contributed by atoms with Crippen molar-refractivity contribution in [2.45, 2.75) is 19.4 Å². The van der Waals surface area contributed by atoms with Crippen LogP contribution in [0.4, 0.5) is 0 Å². The number of aliphatic hydroxyl groups is 1. The minimum atomic E-state index is -0.715. The highest BCUT2D eigenvalue weighted by atomic mass is 32.1. The van der Waals surface area contributed by atoms with Crippen LogP contribution in [0.1, 0.15) is 23.5 Å². The first-order valence-electron chi connectivity index (χ1n) is 4.82. The number of amides is 1. The number of hydrogen-bond acceptors (Lipinski definition) is 5. The number of β-amino-alcohol motifs (C(OH)–C–C–N with tert-alkyl or cyclic N) is 1. The third-order valence-electron chi connectivity index (χ3n) is 2.86. The number of carbonyl (C=O) groups is 1. The van der Waals surface area contributed by atoms with Crippen molar-refractivity contribution in [3.05, 3.63) is 11.1 Å². The van der Waals surface area contributed by atoms with Crippen molar-refractivity contribution < 1.29 is 9.90 Å². The molecule has 0 unspecified atom stereocenters. The Morgan fingerprint density at radius 1 is 1.67 bits per heavy atom. The minimum absolute atomic E-state index is 0.0877. The maximum atomic E-state index is 11.7. The Balaban J connectivity index is 1.98. The molecule has 15 heavy (non-hydrogen) atoms. The van der Waals surface area contributed by atoms with E-state index in [0.717, 1.165) is 11.5 Å². The second-order valence-electron chi connectivity index (χ2n) is 4.20. The quantitative estimate of drug-likeness (QED) is 0.793. The molecular weight excluding hydrogens is 214 g/mol. The van der Waals surface area contributed by atoms with E-state index < -0.39 is 5.60 Å². The van der Waals surface area contributed by atoms with Crippen LogP contribution in [0.2, 0.25) is 0 Å². The molecule has 0 aromatic carbocycles. The number of aromatic nitrogens is 2. The van der Waals surface area contributed by atoms with E-state index >= 15 is 0 Å². The van der Waals surface area contributed by atoms with E-state index in [1.807, 2.05) is 13.8 Å². The van der Waals surface area contributed by atoms with E-state index in [1.165, 1.54) is 6.20 Å². The average Bonchev–Trinajstić information content (AvgIpc) is 2.64. The summed E-state index contributed by atoms with van der Waals surface area (Å²) in [5.74, 6) is 0.0801. The fourth-order valence-corrected chi connectivity index (χ4v) is 2.02. The van der Waals surface area contributed by atoms with Gasteiger partial charge >= 0.3 is 0 Å². The molecule has 2 rings (SSSR count). The van der Waals surface area contributed by atoms with Gasteiger partial charge in [-0.15, -0.1) is 5.10 Å². The molecule has 0 saturated carbocycles. The van der Waals surface area contributed by atoms with Gasteiger partial charge in [0.25, 0.3) is 5.91 Å². The molecule has 1 aliphatic heterocycles. The number of hydrogen-bond donors (Lipinski definition) is 1. The van der Waals surface area contributed by atoms with E-state index in [9.17, 15) is 9.90 Å². The van der Waals surface area contributed by atoms with E-state index in [1.54, 1.807) is 4.90 Å². The summed E-state index contributed by atoms with van der Waals surface area (Å²) in [6.07, 6.45) is 1.46. The van der Waals surface area contributed by atoms with Crippen LogP contribution in [0.15, 0.2) is 6.20 Å². The van der Waals surface area contributed by atoms with Crippen LogP contribution in [0.3, 0.4) is 0 Å². The normalized spacial score (nSPS) is 19.1. The van der Waals surface area contributed by atoms with Crippen molar-refractivity contribution in [3.8, 4) is 0 Å². The van der Waals surface area contributed by atoms with E-state index in [4.69, 9.17) is 0 Å². The van der Waals surface area contributed by atoms with Gasteiger partial charge in [-0.05, 0) is 17.5 Å². The van der Waals surface area contributed by atoms with Gasteiger partial charge < -0.3 is 10.0 Å². The molecule has 1 saturated heterocycles. The molecule has 1 amide bonds. The molecule has 2 heterocycles. The van der Waals surface area contributed by atoms with Crippen molar-refractivity contribution in [1.29, 1.82) is 0 Å². The molecule has 82 valence electrons. The van der Waals surface area contributed by atoms with Crippen LogP contribution in [-0.2, 0) is 0 Å². The number of rotatable bonds is 2. The fraction of sp³-hybridized carbons (Fsp3) is 0.667. The highest BCUT2D eigenvalue weighted by Crippen LogP contribution is 2.29. The summed E-state index contributed by atoms with van der Waals surface area (Å²) in [7, 11) is 0. The van der Waals surface area contributed by atoms with Gasteiger partial charge in [0.2, 0.25) is 0 Å². The van der Waals surface area contributed by atoms with Gasteiger partial charge in [-0.25, -0.2) is 0 Å². The van der Waals surface area contributed by atoms with Crippen LogP contribution in [0, 0.1) is 5.92 Å². The first-order valence-corrected chi connectivity index (χ1v) is 5.59. The molecule has 1 fully saturated rings. The van der Waals surface area contributed by atoms with Gasteiger partial charge in [0.05, 0.1) is 19.3 Å². The monoisotopic (exact) mass is 227 g/mol. The first-order chi connectivity index (χ1) is 7.03. The zero-order chi connectivity index (χ0) is 11.1. The fourth-order valence-electron chi connectivity index (χ4n) is 1.54. The summed E-state index contributed by atoms with van der Waals surface area (Å²) in [6, 6.07) is 0. The summed E-state index contributed by atoms with van der Waals surface area (Å²) in [4.78, 5) is 13.9. The summed E-state index contributed by atoms with van der Waals surface area (Å²) >= 11 is 1.08. The molecule has 6 heteroatoms. The van der Waals surface area contributed by atoms with Gasteiger partial charge in [0.1, 0.15) is 10.5 Å². The lowest BCUT2D eigenvalue weighted by Crippen LogP contribution is -2.65. The highest BCUT2D eigenvalue weighted by molar-refractivity contribution is 7.07. The van der Waals surface area contributed by atoms with E-state index in [-0.39, 0.29) is 11.8 Å². The van der Waals surface area contributed by atoms with E-state index in [2.05, 4.69) is 9.59 Å². The van der Waals surface area contributed by atoms with Crippen molar-refractivity contribution in [2.75, 3.05) is 13.1 Å². The molecule has 5 nitrogen and oxygen atoms in total. The average molecular weight is 227 g/mol. The SMILES string of the molecule is CC(C)C1(O)CN(C(=O)c2cnns2)C1. The van der Waals surface area contributed by atoms with Gasteiger partial charge in [0.15, 0.2) is 0 Å². The van der Waals surface area contributed by atoms with Crippen molar-refractivity contribution >= 4 is 17.4 Å². The van der Waals surface area contributed by atoms with Crippen LogP contribution >= 0.6 is 11.5 Å². The standard InChI is InChI=1S/C9H13N3O2S/c1-6(2)9(14)4-12(5-9)8(13)7-3-10-11-15-7/h3,6,14H,4-5H2,1-2H3. The van der Waals surface area contributed by atoms with Gasteiger partial charge in [-0.2, -0.15) is 0 Å². The minimum Gasteiger partial charge on any atom is -0.386 e. The molecular formula is C9H13N3O2S. The Kier molecular flexibility index (Phi) is 2.47. The summed E-state index contributed by atoms with van der Waals surface area (Å²) in [5, 5.41) is 13.6. The smallest absolute Gasteiger partial charge is 0.267 e. The molecule has 0 aliphatic carbocycles. The van der Waals surface area contributed by atoms with Crippen LogP contribution in [0.5, 0.6) is 0 Å². The Bertz CT molecular complexity index is 357. The molecule has 0 atom stereocenters. The lowest BCUT2D eigenvalue weighted by molar-refractivity contribution is -0.110. The second kappa shape index (κ2) is 3.53. The molecule has 1 aliphatic rings. The zero-order valence-corrected chi connectivity index (χ0v) is 9.49. The van der Waals surface area contributed by atoms with Crippen LogP contribution in [-0.4, -0.2) is 44.2 Å². The molecule has 0 radical (unpaired) electrons. The Morgan fingerprint density at radius 3 is 2.80 bits per heavy atom. The molecule has 0 bridgehead atoms. The van der Waals surface area contributed by atoms with Crippen LogP contribution in [0.25, 0.3) is 0 Å². The third-order valence-corrected chi connectivity index (χ3v) is 3.52. The van der Waals surface area contributed by atoms with Crippen molar-refractivity contribution in [1.82, 2.24) is 14.5 Å². The second-order valence-corrected chi connectivity index (χ2v) is 4.99. The summed E-state index contributed by atoms with van der Waals surface area (Å²) < 4.78 is 3.64. The Labute approximate surface area is 91.9 Å². The van der Waals surface area contributed by atoms with Crippen LogP contribution < -0.4 is 0 Å². The predicted molar refractivity (Wildman–Crippen MR) is 55.6 cm³/mol. The number of nitrogens with zero attached hydrogens (tertiary/aromatic N) is 3. The largest absolute Gasteiger partial charge is 0.386 e. The van der Waals surface area contributed by atoms with Crippen molar-refractivity contribution in [2.24, 2.45) is 5.92 Å². The lowest BCUT2D eigenvalue weighted by atomic mass is 9.83. The first kappa shape index (κ1) is 10.5. The number of carbonyl (C=O) groups excluding carboxylic acids is 1. The lowest BCUT2D eigenvalue weighted by Gasteiger charge is -2.48. The summed E-state index contributed by atoms with van der Waals surface area (Å²) in [6.45, 7) is 4.72. The summed E-state index contributed by atoms with van der Waals surface area (Å²) in [5.41, 5.74) is -0.715. The number of likely N-dealkylation sites (tertiary alicyclic amines) is 1. The molecule has 1 N–H and O–H groups in total. The van der Waals surface area contributed by atoms with Crippen molar-refractivity contribution in [3.63, 3.8) is 0 Å². The van der Waals surface area contributed by atoms with Gasteiger partial charge in [-0.1, -0.05) is 18.3 Å². The predicted octanol–water partition coefficient (Wildman–Crippen LogP) is 0.381. The maximum Gasteiger partial charge on any atom is 0.267 e. The molecule has 1 aromatic rings. The highest BCUT2D eigenvalue weighted by Gasteiger charge is 2.46. The maximum absolute atomic E-state index is 11.7. The molecule has 1 aromatic heterocycles. The van der Waals surface area contributed by atoms with Gasteiger partial charge in [0, 0.05) is 0 Å². The third kappa shape index (κ3) is 1.74. The van der Waals surface area contributed by atoms with Gasteiger partial charge in [-0.3, -0.25) is 4.79 Å².